The molecule has 2 aromatic rings. The van der Waals surface area contributed by atoms with E-state index in [0.717, 1.165) is 22.7 Å². The number of esters is 1. The lowest BCUT2D eigenvalue weighted by Crippen LogP contribution is -2.11. The van der Waals surface area contributed by atoms with Gasteiger partial charge < -0.3 is 20.3 Å². The Morgan fingerprint density at radius 3 is 2.67 bits per heavy atom. The van der Waals surface area contributed by atoms with Crippen LogP contribution in [0.25, 0.3) is 0 Å². The van der Waals surface area contributed by atoms with Crippen molar-refractivity contribution in [3.8, 4) is 0 Å². The van der Waals surface area contributed by atoms with E-state index in [-0.39, 0.29) is 6.04 Å². The van der Waals surface area contributed by atoms with Crippen molar-refractivity contribution in [3.63, 3.8) is 0 Å². The molecule has 1 heterocycles. The lowest BCUT2D eigenvalue weighted by atomic mass is 10.1. The third-order valence-electron chi connectivity index (χ3n) is 3.37. The summed E-state index contributed by atoms with van der Waals surface area (Å²) in [6.45, 7) is 5.77. The Kier molecular flexibility index (Phi) is 4.16. The Morgan fingerprint density at radius 1 is 1.43 bits per heavy atom. The van der Waals surface area contributed by atoms with Crippen LogP contribution in [0, 0.1) is 13.8 Å². The Morgan fingerprint density at radius 2 is 2.14 bits per heavy atom. The molecule has 3 N–H and O–H groups in total. The van der Waals surface area contributed by atoms with Crippen LogP contribution in [0.3, 0.4) is 0 Å². The van der Waals surface area contributed by atoms with Gasteiger partial charge in [-0.2, -0.15) is 0 Å². The largest absolute Gasteiger partial charge is 0.465 e. The zero-order chi connectivity index (χ0) is 15.6. The standard InChI is InChI=1S/C15H19N3O3/c1-8(14-9(2)18-21-10(14)3)17-13-6-5-11(7-12(13)16)15(19)20-4/h5-8,17H,16H2,1-4H3. The third-order valence-corrected chi connectivity index (χ3v) is 3.37. The van der Waals surface area contributed by atoms with Gasteiger partial charge >= 0.3 is 5.97 Å². The van der Waals surface area contributed by atoms with Crippen molar-refractivity contribution < 1.29 is 14.1 Å². The van der Waals surface area contributed by atoms with Gasteiger partial charge in [-0.25, -0.2) is 4.79 Å². The van der Waals surface area contributed by atoms with E-state index in [1.807, 2.05) is 20.8 Å². The molecule has 1 unspecified atom stereocenters. The molecule has 0 fully saturated rings. The molecule has 2 rings (SSSR count). The molecule has 0 saturated heterocycles. The van der Waals surface area contributed by atoms with Crippen molar-refractivity contribution in [2.45, 2.75) is 26.8 Å². The van der Waals surface area contributed by atoms with Crippen molar-refractivity contribution in [2.75, 3.05) is 18.2 Å². The summed E-state index contributed by atoms with van der Waals surface area (Å²) in [5.74, 6) is 0.365. The van der Waals surface area contributed by atoms with Crippen molar-refractivity contribution in [2.24, 2.45) is 0 Å². The number of nitrogens with two attached hydrogens (primary N) is 1. The summed E-state index contributed by atoms with van der Waals surface area (Å²) in [5.41, 5.74) is 9.48. The third kappa shape index (κ3) is 2.99. The van der Waals surface area contributed by atoms with Gasteiger partial charge in [0.1, 0.15) is 5.76 Å². The van der Waals surface area contributed by atoms with Gasteiger partial charge in [-0.05, 0) is 39.0 Å². The van der Waals surface area contributed by atoms with Crippen molar-refractivity contribution >= 4 is 17.3 Å². The van der Waals surface area contributed by atoms with Gasteiger partial charge in [0, 0.05) is 5.56 Å². The summed E-state index contributed by atoms with van der Waals surface area (Å²) in [6.07, 6.45) is 0. The quantitative estimate of drug-likeness (QED) is 0.664. The smallest absolute Gasteiger partial charge is 0.337 e. The number of benzene rings is 1. The number of aromatic nitrogens is 1. The highest BCUT2D eigenvalue weighted by Crippen LogP contribution is 2.28. The second-order valence-electron chi connectivity index (χ2n) is 4.90. The number of aryl methyl sites for hydroxylation is 2. The first kappa shape index (κ1) is 14.9. The van der Waals surface area contributed by atoms with E-state index in [2.05, 4.69) is 15.2 Å². The summed E-state index contributed by atoms with van der Waals surface area (Å²) in [6, 6.07) is 5.01. The van der Waals surface area contributed by atoms with E-state index >= 15 is 0 Å². The predicted molar refractivity (Wildman–Crippen MR) is 80.2 cm³/mol. The Bertz CT molecular complexity index is 645. The summed E-state index contributed by atoms with van der Waals surface area (Å²) >= 11 is 0. The van der Waals surface area contributed by atoms with Crippen LogP contribution < -0.4 is 11.1 Å². The van der Waals surface area contributed by atoms with Crippen LogP contribution in [0.1, 0.15) is 40.3 Å². The highest BCUT2D eigenvalue weighted by molar-refractivity contribution is 5.91. The SMILES string of the molecule is COC(=O)c1ccc(NC(C)c2c(C)noc2C)c(N)c1. The molecule has 112 valence electrons. The fourth-order valence-electron chi connectivity index (χ4n) is 2.35. The lowest BCUT2D eigenvalue weighted by molar-refractivity contribution is 0.0601. The number of hydrogen-bond donors (Lipinski definition) is 2. The van der Waals surface area contributed by atoms with E-state index in [1.54, 1.807) is 18.2 Å². The molecule has 0 spiro atoms. The molecule has 0 bridgehead atoms. The summed E-state index contributed by atoms with van der Waals surface area (Å²) in [4.78, 5) is 11.5. The first-order chi connectivity index (χ1) is 9.93. The molecule has 0 aliphatic heterocycles. The number of rotatable bonds is 4. The Labute approximate surface area is 123 Å². The molecular weight excluding hydrogens is 270 g/mol. The van der Waals surface area contributed by atoms with Crippen LogP contribution in [0.15, 0.2) is 22.7 Å². The Hall–Kier alpha value is -2.50. The van der Waals surface area contributed by atoms with Gasteiger partial charge in [0.2, 0.25) is 0 Å². The number of hydrogen-bond acceptors (Lipinski definition) is 6. The van der Waals surface area contributed by atoms with Crippen LogP contribution in [0.2, 0.25) is 0 Å². The fraction of sp³-hybridized carbons (Fsp3) is 0.333. The average Bonchev–Trinajstić information content (AvgIpc) is 2.79. The maximum atomic E-state index is 11.5. The van der Waals surface area contributed by atoms with E-state index in [4.69, 9.17) is 10.3 Å². The summed E-state index contributed by atoms with van der Waals surface area (Å²) in [5, 5.41) is 7.24. The number of nitrogens with zero attached hydrogens (tertiary/aromatic N) is 1. The van der Waals surface area contributed by atoms with E-state index in [1.165, 1.54) is 7.11 Å². The molecule has 0 amide bonds. The molecule has 1 aromatic carbocycles. The summed E-state index contributed by atoms with van der Waals surface area (Å²) < 4.78 is 9.83. The first-order valence-corrected chi connectivity index (χ1v) is 6.61. The molecule has 0 saturated carbocycles. The maximum absolute atomic E-state index is 11.5. The average molecular weight is 289 g/mol. The van der Waals surface area contributed by atoms with E-state index in [9.17, 15) is 4.79 Å². The van der Waals surface area contributed by atoms with E-state index < -0.39 is 5.97 Å². The second-order valence-corrected chi connectivity index (χ2v) is 4.90. The monoisotopic (exact) mass is 289 g/mol. The molecule has 6 heteroatoms. The fourth-order valence-corrected chi connectivity index (χ4v) is 2.35. The molecule has 0 aliphatic carbocycles. The zero-order valence-corrected chi connectivity index (χ0v) is 12.6. The van der Waals surface area contributed by atoms with Gasteiger partial charge in [0.15, 0.2) is 0 Å². The number of nitrogens with one attached hydrogen (secondary N) is 1. The maximum Gasteiger partial charge on any atom is 0.337 e. The van der Waals surface area contributed by atoms with Gasteiger partial charge in [-0.3, -0.25) is 0 Å². The van der Waals surface area contributed by atoms with Crippen LogP contribution in [-0.2, 0) is 4.74 Å². The van der Waals surface area contributed by atoms with E-state index in [0.29, 0.717) is 11.3 Å². The molecule has 6 nitrogen and oxygen atoms in total. The minimum absolute atomic E-state index is 0.0115. The number of nitrogen functional groups attached to an aromatic ring is 1. The Balaban J connectivity index is 2.22. The minimum atomic E-state index is -0.410. The highest BCUT2D eigenvalue weighted by atomic mass is 16.5. The number of carbonyl (C=O) groups is 1. The lowest BCUT2D eigenvalue weighted by Gasteiger charge is -2.17. The zero-order valence-electron chi connectivity index (χ0n) is 12.6. The number of carbonyl (C=O) groups excluding carboxylic acids is 1. The molecular formula is C15H19N3O3. The van der Waals surface area contributed by atoms with Crippen LogP contribution in [0.5, 0.6) is 0 Å². The molecule has 0 radical (unpaired) electrons. The second kappa shape index (κ2) is 5.87. The number of ether oxygens (including phenoxy) is 1. The van der Waals surface area contributed by atoms with Gasteiger partial charge in [0.05, 0.1) is 35.8 Å². The molecule has 1 aromatic heterocycles. The van der Waals surface area contributed by atoms with Crippen molar-refractivity contribution in [1.82, 2.24) is 5.16 Å². The number of methoxy groups -OCH3 is 1. The molecule has 0 aliphatic rings. The van der Waals surface area contributed by atoms with Gasteiger partial charge in [-0.15, -0.1) is 0 Å². The molecule has 21 heavy (non-hydrogen) atoms. The summed E-state index contributed by atoms with van der Waals surface area (Å²) in [7, 11) is 1.34. The minimum Gasteiger partial charge on any atom is -0.465 e. The normalized spacial score (nSPS) is 12.0. The predicted octanol–water partition coefficient (Wildman–Crippen LogP) is 2.83. The topological polar surface area (TPSA) is 90.4 Å². The van der Waals surface area contributed by atoms with Crippen molar-refractivity contribution in [1.29, 1.82) is 0 Å². The highest BCUT2D eigenvalue weighted by Gasteiger charge is 2.17. The first-order valence-electron chi connectivity index (χ1n) is 6.61. The van der Waals surface area contributed by atoms with Crippen LogP contribution >= 0.6 is 0 Å². The van der Waals surface area contributed by atoms with Crippen LogP contribution in [0.4, 0.5) is 11.4 Å². The van der Waals surface area contributed by atoms with Gasteiger partial charge in [-0.1, -0.05) is 5.16 Å². The number of anilines is 2. The van der Waals surface area contributed by atoms with Crippen LogP contribution in [-0.4, -0.2) is 18.2 Å². The molecule has 1 atom stereocenters. The van der Waals surface area contributed by atoms with Crippen molar-refractivity contribution in [3.05, 3.63) is 40.8 Å². The van der Waals surface area contributed by atoms with Gasteiger partial charge in [0.25, 0.3) is 0 Å².